The molecule has 152 valence electrons. The first-order chi connectivity index (χ1) is 12.2. The molecule has 2 heterocycles. The Bertz CT molecular complexity index is 674. The van der Waals surface area contributed by atoms with Crippen LogP contribution in [0, 0.1) is 5.41 Å². The molecule has 27 heavy (non-hydrogen) atoms. The third-order valence-electron chi connectivity index (χ3n) is 5.45. The van der Waals surface area contributed by atoms with E-state index < -0.39 is 17.0 Å². The van der Waals surface area contributed by atoms with E-state index in [-0.39, 0.29) is 30.7 Å². The molecule has 0 aromatic rings. The molecule has 0 aromatic heterocycles. The van der Waals surface area contributed by atoms with E-state index in [2.05, 4.69) is 0 Å². The average molecular weight is 402 g/mol. The van der Waals surface area contributed by atoms with Crippen LogP contribution in [0.4, 0.5) is 4.79 Å². The van der Waals surface area contributed by atoms with Gasteiger partial charge in [0.15, 0.2) is 0 Å². The van der Waals surface area contributed by atoms with Gasteiger partial charge in [0, 0.05) is 31.2 Å². The quantitative estimate of drug-likeness (QED) is 0.280. The number of rotatable bonds is 7. The summed E-state index contributed by atoms with van der Waals surface area (Å²) in [4.78, 5) is 51.4. The highest BCUT2D eigenvalue weighted by Crippen LogP contribution is 2.32. The Hall–Kier alpha value is -1.67. The van der Waals surface area contributed by atoms with Gasteiger partial charge in [0.2, 0.25) is 11.8 Å². The topological polar surface area (TPSA) is 78.0 Å². The Kier molecular flexibility index (Phi) is 5.65. The van der Waals surface area contributed by atoms with Crippen molar-refractivity contribution in [1.82, 2.24) is 14.2 Å². The van der Waals surface area contributed by atoms with Crippen LogP contribution >= 0.6 is 11.8 Å². The Labute approximate surface area is 165 Å². The lowest BCUT2D eigenvalue weighted by Gasteiger charge is -2.31. The van der Waals surface area contributed by atoms with Gasteiger partial charge in [-0.25, -0.2) is 9.21 Å². The van der Waals surface area contributed by atoms with E-state index in [9.17, 15) is 19.2 Å². The molecule has 0 N–H and O–H groups in total. The van der Waals surface area contributed by atoms with Gasteiger partial charge in [0.1, 0.15) is 5.54 Å². The molecule has 0 radical (unpaired) electrons. The van der Waals surface area contributed by atoms with Gasteiger partial charge in [0.25, 0.3) is 5.91 Å². The third-order valence-corrected chi connectivity index (χ3v) is 6.02. The van der Waals surface area contributed by atoms with Crippen LogP contribution in [0.15, 0.2) is 0 Å². The number of likely N-dealkylation sites (N-methyl/N-ethyl adjacent to an activating group) is 1. The maximum Gasteiger partial charge on any atom is 0.342 e. The van der Waals surface area contributed by atoms with E-state index in [1.54, 1.807) is 27.7 Å². The van der Waals surface area contributed by atoms with E-state index in [0.717, 1.165) is 4.42 Å². The molecule has 8 nitrogen and oxygen atoms in total. The second kappa shape index (κ2) is 7.05. The Morgan fingerprint density at radius 3 is 1.96 bits per heavy atom. The lowest BCUT2D eigenvalue weighted by molar-refractivity contribution is -0.889. The van der Waals surface area contributed by atoms with Crippen molar-refractivity contribution in [2.75, 3.05) is 40.3 Å². The summed E-state index contributed by atoms with van der Waals surface area (Å²) in [6.07, 6.45) is 0.920. The van der Waals surface area contributed by atoms with Crippen LogP contribution in [0.1, 0.15) is 40.5 Å². The number of imide groups is 2. The summed E-state index contributed by atoms with van der Waals surface area (Å²) >= 11 is 5.95. The Morgan fingerprint density at radius 2 is 1.52 bits per heavy atom. The molecule has 2 fully saturated rings. The molecule has 5 amide bonds. The van der Waals surface area contributed by atoms with Gasteiger partial charge in [-0.3, -0.25) is 24.2 Å². The zero-order valence-electron chi connectivity index (χ0n) is 17.0. The van der Waals surface area contributed by atoms with Crippen molar-refractivity contribution in [1.29, 1.82) is 0 Å². The minimum atomic E-state index is -1.04. The number of hydrogen-bond donors (Lipinski definition) is 0. The Balaban J connectivity index is 1.86. The van der Waals surface area contributed by atoms with Gasteiger partial charge in [-0.05, 0) is 13.8 Å². The summed E-state index contributed by atoms with van der Waals surface area (Å²) in [6.45, 7) is 8.75. The molecule has 0 aromatic carbocycles. The first-order valence-corrected chi connectivity index (χ1v) is 9.53. The zero-order chi connectivity index (χ0) is 20.8. The lowest BCUT2D eigenvalue weighted by atomic mass is 9.92. The highest BCUT2D eigenvalue weighted by molar-refractivity contribution is 6.27. The number of likely N-dealkylation sites (tertiary alicyclic amines) is 1. The van der Waals surface area contributed by atoms with Crippen molar-refractivity contribution in [2.45, 2.75) is 46.1 Å². The third kappa shape index (κ3) is 4.11. The molecule has 9 heteroatoms. The molecule has 0 aliphatic carbocycles. The normalized spacial score (nSPS) is 22.4. The summed E-state index contributed by atoms with van der Waals surface area (Å²) < 4.78 is 1.50. The van der Waals surface area contributed by atoms with Crippen LogP contribution < -0.4 is 0 Å². The predicted octanol–water partition coefficient (Wildman–Crippen LogP) is 1.43. The van der Waals surface area contributed by atoms with Crippen molar-refractivity contribution in [3.63, 3.8) is 0 Å². The second-order valence-electron chi connectivity index (χ2n) is 9.23. The number of amides is 5. The molecule has 2 saturated heterocycles. The van der Waals surface area contributed by atoms with E-state index in [1.807, 2.05) is 14.1 Å². The number of carbonyl (C=O) groups is 4. The second-order valence-corrected chi connectivity index (χ2v) is 9.56. The first-order valence-electron chi connectivity index (χ1n) is 9.19. The molecular formula is C18H30ClN4O4+. The summed E-state index contributed by atoms with van der Waals surface area (Å²) in [5.41, 5.74) is -1.66. The minimum absolute atomic E-state index is 0.115. The van der Waals surface area contributed by atoms with Crippen molar-refractivity contribution in [2.24, 2.45) is 5.41 Å². The summed E-state index contributed by atoms with van der Waals surface area (Å²) in [5, 5.41) is 0. The van der Waals surface area contributed by atoms with Gasteiger partial charge in [-0.1, -0.05) is 13.8 Å². The van der Waals surface area contributed by atoms with E-state index in [4.69, 9.17) is 11.8 Å². The number of carbonyl (C=O) groups excluding carboxylic acids is 4. The highest BCUT2D eigenvalue weighted by Gasteiger charge is 2.51. The molecule has 0 atom stereocenters. The van der Waals surface area contributed by atoms with Gasteiger partial charge in [0.05, 0.1) is 39.1 Å². The molecule has 0 saturated carbocycles. The van der Waals surface area contributed by atoms with Crippen LogP contribution in [0.2, 0.25) is 0 Å². The van der Waals surface area contributed by atoms with Crippen LogP contribution in [0.5, 0.6) is 0 Å². The molecule has 0 bridgehead atoms. The molecule has 2 rings (SSSR count). The fourth-order valence-electron chi connectivity index (χ4n) is 3.44. The smallest absolute Gasteiger partial charge is 0.327 e. The monoisotopic (exact) mass is 401 g/mol. The maximum absolute atomic E-state index is 12.4. The summed E-state index contributed by atoms with van der Waals surface area (Å²) in [7, 11) is 3.98. The molecule has 2 aliphatic rings. The number of quaternary nitrogens is 1. The fourth-order valence-corrected chi connectivity index (χ4v) is 3.60. The van der Waals surface area contributed by atoms with Crippen molar-refractivity contribution in [3.05, 3.63) is 0 Å². The average Bonchev–Trinajstić information content (AvgIpc) is 2.82. The Morgan fingerprint density at radius 1 is 0.926 bits per heavy atom. The van der Waals surface area contributed by atoms with Crippen LogP contribution in [0.25, 0.3) is 0 Å². The highest BCUT2D eigenvalue weighted by atomic mass is 35.5. The first kappa shape index (κ1) is 21.6. The fraction of sp³-hybridized carbons (Fsp3) is 0.778. The zero-order valence-corrected chi connectivity index (χ0v) is 17.8. The van der Waals surface area contributed by atoms with Crippen molar-refractivity contribution in [3.8, 4) is 0 Å². The summed E-state index contributed by atoms with van der Waals surface area (Å²) in [5.74, 6) is -0.540. The number of hydrogen-bond acceptors (Lipinski definition) is 4. The number of nitrogens with zero attached hydrogens (tertiary/aromatic N) is 4. The van der Waals surface area contributed by atoms with Crippen LogP contribution in [-0.2, 0) is 14.4 Å². The van der Waals surface area contributed by atoms with Gasteiger partial charge >= 0.3 is 6.03 Å². The minimum Gasteiger partial charge on any atom is -0.327 e. The largest absolute Gasteiger partial charge is 0.342 e. The van der Waals surface area contributed by atoms with E-state index in [0.29, 0.717) is 30.5 Å². The SMILES string of the molecule is CC1(C)CC(=O)N(CCC[N+](C)(C)CCN2C(=O)N(Cl)C(C)(C)C2=O)C1=O. The lowest BCUT2D eigenvalue weighted by Crippen LogP contribution is -2.48. The van der Waals surface area contributed by atoms with Gasteiger partial charge in [-0.2, -0.15) is 0 Å². The van der Waals surface area contributed by atoms with Gasteiger partial charge in [-0.15, -0.1) is 0 Å². The molecular weight excluding hydrogens is 372 g/mol. The van der Waals surface area contributed by atoms with Gasteiger partial charge < -0.3 is 4.48 Å². The number of halogens is 1. The number of urea groups is 1. The predicted molar refractivity (Wildman–Crippen MR) is 100 cm³/mol. The summed E-state index contributed by atoms with van der Waals surface area (Å²) in [6, 6.07) is -0.498. The standard InChI is InChI=1S/C18H30ClN4O4/c1-17(2)12-13(24)20(14(17)25)8-7-10-23(5,6)11-9-21-15(26)18(3,4)22(19)16(21)27/h7-12H2,1-6H3/q+1. The van der Waals surface area contributed by atoms with Crippen molar-refractivity contribution < 1.29 is 23.7 Å². The maximum atomic E-state index is 12.4. The molecule has 0 spiro atoms. The molecule has 2 aliphatic heterocycles. The van der Waals surface area contributed by atoms with E-state index in [1.165, 1.54) is 9.80 Å². The van der Waals surface area contributed by atoms with E-state index >= 15 is 0 Å². The molecule has 0 unspecified atom stereocenters. The van der Waals surface area contributed by atoms with Crippen LogP contribution in [0.3, 0.4) is 0 Å². The van der Waals surface area contributed by atoms with Crippen molar-refractivity contribution >= 4 is 35.5 Å². The van der Waals surface area contributed by atoms with Crippen LogP contribution in [-0.4, -0.2) is 88.3 Å².